The zero-order chi connectivity index (χ0) is 12.8. The zero-order valence-electron chi connectivity index (χ0n) is 11.1. The van der Waals surface area contributed by atoms with Crippen LogP contribution in [-0.2, 0) is 0 Å². The van der Waals surface area contributed by atoms with Crippen molar-refractivity contribution in [3.63, 3.8) is 0 Å². The van der Waals surface area contributed by atoms with E-state index in [0.717, 1.165) is 5.25 Å². The van der Waals surface area contributed by atoms with Crippen molar-refractivity contribution in [1.82, 2.24) is 9.97 Å². The molecule has 1 aromatic rings. The molecular weight excluding hydrogens is 246 g/mol. The fraction of sp³-hybridized carbons (Fsp3) is 0.692. The van der Waals surface area contributed by atoms with E-state index in [1.807, 2.05) is 6.92 Å². The molecule has 0 aromatic carbocycles. The van der Waals surface area contributed by atoms with E-state index in [9.17, 15) is 0 Å². The van der Waals surface area contributed by atoms with Gasteiger partial charge in [0.1, 0.15) is 0 Å². The van der Waals surface area contributed by atoms with Gasteiger partial charge in [0.25, 0.3) is 0 Å². The summed E-state index contributed by atoms with van der Waals surface area (Å²) >= 11 is 2.06. The average Bonchev–Trinajstić information content (AvgIpc) is 2.78. The Morgan fingerprint density at radius 1 is 1.44 bits per heavy atom. The second-order valence-corrected chi connectivity index (χ2v) is 5.96. The minimum Gasteiger partial charge on any atom is -0.478 e. The summed E-state index contributed by atoms with van der Waals surface area (Å²) < 4.78 is 5.38. The number of rotatable bonds is 6. The predicted molar refractivity (Wildman–Crippen MR) is 76.4 cm³/mol. The van der Waals surface area contributed by atoms with Crippen LogP contribution in [0.1, 0.15) is 33.1 Å². The van der Waals surface area contributed by atoms with Gasteiger partial charge in [-0.2, -0.15) is 16.7 Å². The molecule has 1 saturated carbocycles. The number of hydrogen-bond acceptors (Lipinski definition) is 5. The summed E-state index contributed by atoms with van der Waals surface area (Å²) in [6.45, 7) is 4.81. The van der Waals surface area contributed by atoms with Gasteiger partial charge in [-0.3, -0.25) is 0 Å². The first kappa shape index (κ1) is 13.5. The summed E-state index contributed by atoms with van der Waals surface area (Å²) in [5.41, 5.74) is 0. The van der Waals surface area contributed by atoms with E-state index in [0.29, 0.717) is 24.5 Å². The van der Waals surface area contributed by atoms with Crippen molar-refractivity contribution < 1.29 is 4.74 Å². The monoisotopic (exact) mass is 267 g/mol. The SMILES string of the molecule is CCOc1ccnc(NC2CCC(SCC)C2)n1. The first-order valence-corrected chi connectivity index (χ1v) is 7.70. The Hall–Kier alpha value is -0.970. The highest BCUT2D eigenvalue weighted by atomic mass is 32.2. The second kappa shape index (κ2) is 6.83. The third kappa shape index (κ3) is 3.77. The Balaban J connectivity index is 1.88. The summed E-state index contributed by atoms with van der Waals surface area (Å²) in [6.07, 6.45) is 5.45. The molecule has 0 aliphatic heterocycles. The number of nitrogens with one attached hydrogen (secondary N) is 1. The number of anilines is 1. The summed E-state index contributed by atoms with van der Waals surface area (Å²) in [6, 6.07) is 2.30. The minimum atomic E-state index is 0.505. The molecule has 4 nitrogen and oxygen atoms in total. The zero-order valence-corrected chi connectivity index (χ0v) is 11.9. The van der Waals surface area contributed by atoms with Gasteiger partial charge >= 0.3 is 0 Å². The third-order valence-corrected chi connectivity index (χ3v) is 4.28. The van der Waals surface area contributed by atoms with Crippen molar-refractivity contribution >= 4 is 17.7 Å². The van der Waals surface area contributed by atoms with Gasteiger partial charge in [0.2, 0.25) is 11.8 Å². The van der Waals surface area contributed by atoms with Crippen LogP contribution < -0.4 is 10.1 Å². The summed E-state index contributed by atoms with van der Waals surface area (Å²) in [7, 11) is 0. The maximum Gasteiger partial charge on any atom is 0.226 e. The van der Waals surface area contributed by atoms with Gasteiger partial charge in [0, 0.05) is 23.6 Å². The van der Waals surface area contributed by atoms with E-state index in [-0.39, 0.29) is 0 Å². The molecule has 0 amide bonds. The molecular formula is C13H21N3OS. The van der Waals surface area contributed by atoms with Gasteiger partial charge in [0.05, 0.1) is 6.61 Å². The maximum absolute atomic E-state index is 5.38. The molecule has 1 aromatic heterocycles. The summed E-state index contributed by atoms with van der Waals surface area (Å²) in [5.74, 6) is 2.54. The van der Waals surface area contributed by atoms with Gasteiger partial charge in [0.15, 0.2) is 0 Å². The number of aromatic nitrogens is 2. The maximum atomic E-state index is 5.38. The van der Waals surface area contributed by atoms with Crippen molar-refractivity contribution in [1.29, 1.82) is 0 Å². The van der Waals surface area contributed by atoms with Crippen LogP contribution in [0.25, 0.3) is 0 Å². The number of nitrogens with zero attached hydrogens (tertiary/aromatic N) is 2. The van der Waals surface area contributed by atoms with Gasteiger partial charge in [-0.15, -0.1) is 0 Å². The molecule has 1 aliphatic rings. The van der Waals surface area contributed by atoms with Crippen LogP contribution in [0.15, 0.2) is 12.3 Å². The first-order valence-electron chi connectivity index (χ1n) is 6.65. The van der Waals surface area contributed by atoms with Crippen LogP contribution in [0.3, 0.4) is 0 Å². The highest BCUT2D eigenvalue weighted by Crippen LogP contribution is 2.31. The van der Waals surface area contributed by atoms with Crippen molar-refractivity contribution in [2.45, 2.75) is 44.4 Å². The fourth-order valence-corrected chi connectivity index (χ4v) is 3.42. The lowest BCUT2D eigenvalue weighted by molar-refractivity contribution is 0.326. The topological polar surface area (TPSA) is 47.0 Å². The quantitative estimate of drug-likeness (QED) is 0.858. The van der Waals surface area contributed by atoms with E-state index in [1.165, 1.54) is 25.0 Å². The van der Waals surface area contributed by atoms with Crippen molar-refractivity contribution in [3.8, 4) is 5.88 Å². The van der Waals surface area contributed by atoms with Crippen LogP contribution >= 0.6 is 11.8 Å². The highest BCUT2D eigenvalue weighted by molar-refractivity contribution is 7.99. The molecule has 0 bridgehead atoms. The molecule has 0 saturated heterocycles. The molecule has 0 spiro atoms. The van der Waals surface area contributed by atoms with Crippen molar-refractivity contribution in [3.05, 3.63) is 12.3 Å². The Morgan fingerprint density at radius 3 is 3.11 bits per heavy atom. The largest absolute Gasteiger partial charge is 0.478 e. The van der Waals surface area contributed by atoms with Crippen LogP contribution in [0.4, 0.5) is 5.95 Å². The van der Waals surface area contributed by atoms with Crippen LogP contribution in [0.5, 0.6) is 5.88 Å². The number of thioether (sulfide) groups is 1. The first-order chi connectivity index (χ1) is 8.81. The molecule has 18 heavy (non-hydrogen) atoms. The Morgan fingerprint density at radius 2 is 2.33 bits per heavy atom. The van der Waals surface area contributed by atoms with Crippen LogP contribution in [-0.4, -0.2) is 33.6 Å². The van der Waals surface area contributed by atoms with E-state index in [2.05, 4.69) is 34.0 Å². The van der Waals surface area contributed by atoms with E-state index >= 15 is 0 Å². The average molecular weight is 267 g/mol. The van der Waals surface area contributed by atoms with E-state index < -0.39 is 0 Å². The highest BCUT2D eigenvalue weighted by Gasteiger charge is 2.24. The summed E-state index contributed by atoms with van der Waals surface area (Å²) in [4.78, 5) is 8.59. The molecule has 1 aliphatic carbocycles. The Kier molecular flexibility index (Phi) is 5.11. The van der Waals surface area contributed by atoms with Gasteiger partial charge in [-0.05, 0) is 31.9 Å². The lowest BCUT2D eigenvalue weighted by Crippen LogP contribution is -2.18. The lowest BCUT2D eigenvalue weighted by atomic mass is 10.2. The third-order valence-electron chi connectivity index (χ3n) is 3.04. The number of hydrogen-bond donors (Lipinski definition) is 1. The fourth-order valence-electron chi connectivity index (χ4n) is 2.28. The second-order valence-electron chi connectivity index (χ2n) is 4.38. The van der Waals surface area contributed by atoms with Crippen LogP contribution in [0.2, 0.25) is 0 Å². The van der Waals surface area contributed by atoms with E-state index in [4.69, 9.17) is 4.74 Å². The minimum absolute atomic E-state index is 0.505. The molecule has 2 unspecified atom stereocenters. The van der Waals surface area contributed by atoms with E-state index in [1.54, 1.807) is 12.3 Å². The van der Waals surface area contributed by atoms with Gasteiger partial charge < -0.3 is 10.1 Å². The number of ether oxygens (including phenoxy) is 1. The smallest absolute Gasteiger partial charge is 0.226 e. The molecule has 1 N–H and O–H groups in total. The van der Waals surface area contributed by atoms with Crippen LogP contribution in [0, 0.1) is 0 Å². The molecule has 1 fully saturated rings. The lowest BCUT2D eigenvalue weighted by Gasteiger charge is -2.13. The van der Waals surface area contributed by atoms with Gasteiger partial charge in [-0.25, -0.2) is 4.98 Å². The standard InChI is InChI=1S/C13H21N3OS/c1-3-17-12-7-8-14-13(16-12)15-10-5-6-11(9-10)18-4-2/h7-8,10-11H,3-6,9H2,1-2H3,(H,14,15,16). The normalized spacial score (nSPS) is 23.0. The molecule has 2 atom stereocenters. The predicted octanol–water partition coefficient (Wildman–Crippen LogP) is 2.96. The molecule has 2 rings (SSSR count). The Labute approximate surface area is 113 Å². The molecule has 5 heteroatoms. The Bertz CT molecular complexity index is 375. The van der Waals surface area contributed by atoms with Crippen molar-refractivity contribution in [2.75, 3.05) is 17.7 Å². The molecule has 1 heterocycles. The molecule has 0 radical (unpaired) electrons. The summed E-state index contributed by atoms with van der Waals surface area (Å²) in [5, 5.41) is 4.21. The van der Waals surface area contributed by atoms with Gasteiger partial charge in [-0.1, -0.05) is 6.92 Å². The van der Waals surface area contributed by atoms with Crippen molar-refractivity contribution in [2.24, 2.45) is 0 Å². The molecule has 100 valence electrons.